The number of hydrogen-bond donors (Lipinski definition) is 4. The number of anilines is 1. The van der Waals surface area contributed by atoms with Gasteiger partial charge in [0.05, 0.1) is 5.69 Å². The Morgan fingerprint density at radius 3 is 2.86 bits per heavy atom. The SMILES string of the molecule is N#CC(=CNc1ccc(F)c(C(=O)O)c1O)c1nn[nH]n1. The van der Waals surface area contributed by atoms with Crippen LogP contribution in [0.4, 0.5) is 10.1 Å². The van der Waals surface area contributed by atoms with Crippen molar-refractivity contribution < 1.29 is 19.4 Å². The molecule has 2 rings (SSSR count). The molecule has 0 radical (unpaired) electrons. The first-order chi connectivity index (χ1) is 10.0. The van der Waals surface area contributed by atoms with Gasteiger partial charge in [-0.15, -0.1) is 10.2 Å². The maximum atomic E-state index is 13.3. The summed E-state index contributed by atoms with van der Waals surface area (Å²) in [4.78, 5) is 10.8. The van der Waals surface area contributed by atoms with Crippen LogP contribution in [-0.4, -0.2) is 36.8 Å². The van der Waals surface area contributed by atoms with Crippen molar-refractivity contribution in [3.05, 3.63) is 35.5 Å². The molecule has 4 N–H and O–H groups in total. The number of carboxylic acids is 1. The Bertz CT molecular complexity index is 750. The number of aromatic nitrogens is 4. The molecule has 0 saturated heterocycles. The van der Waals surface area contributed by atoms with Gasteiger partial charge in [-0.05, 0) is 17.3 Å². The number of aromatic amines is 1. The number of nitriles is 1. The highest BCUT2D eigenvalue weighted by molar-refractivity contribution is 5.93. The van der Waals surface area contributed by atoms with E-state index in [1.807, 2.05) is 0 Å². The number of tetrazole rings is 1. The molecular formula is C11H7FN6O3. The molecule has 0 aliphatic rings. The second kappa shape index (κ2) is 5.66. The highest BCUT2D eigenvalue weighted by atomic mass is 19.1. The molecule has 0 amide bonds. The van der Waals surface area contributed by atoms with Crippen LogP contribution in [0.25, 0.3) is 5.57 Å². The van der Waals surface area contributed by atoms with Gasteiger partial charge in [0.25, 0.3) is 0 Å². The molecular weight excluding hydrogens is 283 g/mol. The van der Waals surface area contributed by atoms with Crippen LogP contribution in [-0.2, 0) is 0 Å². The molecule has 0 fully saturated rings. The Morgan fingerprint density at radius 1 is 1.52 bits per heavy atom. The minimum Gasteiger partial charge on any atom is -0.505 e. The van der Waals surface area contributed by atoms with Gasteiger partial charge >= 0.3 is 5.97 Å². The minimum atomic E-state index is -1.61. The largest absolute Gasteiger partial charge is 0.505 e. The third kappa shape index (κ3) is 2.76. The molecule has 1 heterocycles. The van der Waals surface area contributed by atoms with Crippen LogP contribution in [0.15, 0.2) is 18.3 Å². The fourth-order valence-electron chi connectivity index (χ4n) is 1.46. The van der Waals surface area contributed by atoms with Gasteiger partial charge in [0.1, 0.15) is 23.0 Å². The number of halogens is 1. The van der Waals surface area contributed by atoms with Crippen molar-refractivity contribution in [2.24, 2.45) is 0 Å². The van der Waals surface area contributed by atoms with E-state index in [9.17, 15) is 14.3 Å². The van der Waals surface area contributed by atoms with Crippen molar-refractivity contribution in [2.75, 3.05) is 5.32 Å². The van der Waals surface area contributed by atoms with E-state index in [1.165, 1.54) is 0 Å². The monoisotopic (exact) mass is 290 g/mol. The molecule has 21 heavy (non-hydrogen) atoms. The molecule has 0 bridgehead atoms. The minimum absolute atomic E-state index is 0.00468. The topological polar surface area (TPSA) is 148 Å². The second-order valence-electron chi connectivity index (χ2n) is 3.67. The van der Waals surface area contributed by atoms with Crippen molar-refractivity contribution in [1.29, 1.82) is 5.26 Å². The van der Waals surface area contributed by atoms with E-state index in [1.54, 1.807) is 6.07 Å². The Kier molecular flexibility index (Phi) is 3.76. The fourth-order valence-corrected chi connectivity index (χ4v) is 1.46. The first kappa shape index (κ1) is 13.9. The number of rotatable bonds is 4. The van der Waals surface area contributed by atoms with Gasteiger partial charge in [-0.1, -0.05) is 0 Å². The standard InChI is InChI=1S/C11H7FN6O3/c12-6-1-2-7(9(19)8(6)11(20)21)14-4-5(3-13)10-15-17-18-16-10/h1-2,4,14,19H,(H,20,21)(H,15,16,17,18). The van der Waals surface area contributed by atoms with Gasteiger partial charge in [0.2, 0.25) is 5.82 Å². The molecule has 0 aliphatic heterocycles. The van der Waals surface area contributed by atoms with Crippen molar-refractivity contribution >= 4 is 17.2 Å². The molecule has 10 heteroatoms. The molecule has 0 saturated carbocycles. The maximum absolute atomic E-state index is 13.3. The lowest BCUT2D eigenvalue weighted by molar-refractivity contribution is 0.0688. The molecule has 9 nitrogen and oxygen atoms in total. The lowest BCUT2D eigenvalue weighted by Crippen LogP contribution is -2.03. The highest BCUT2D eigenvalue weighted by Crippen LogP contribution is 2.30. The van der Waals surface area contributed by atoms with Gasteiger partial charge in [0, 0.05) is 6.20 Å². The molecule has 1 aromatic heterocycles. The van der Waals surface area contributed by atoms with Crippen LogP contribution in [0, 0.1) is 17.1 Å². The zero-order valence-electron chi connectivity index (χ0n) is 10.2. The number of carbonyl (C=O) groups is 1. The summed E-state index contributed by atoms with van der Waals surface area (Å²) in [5, 5.41) is 42.6. The van der Waals surface area contributed by atoms with Gasteiger partial charge in [-0.2, -0.15) is 10.5 Å². The normalized spacial score (nSPS) is 11.0. The van der Waals surface area contributed by atoms with Crippen LogP contribution < -0.4 is 5.32 Å². The van der Waals surface area contributed by atoms with Gasteiger partial charge in [0.15, 0.2) is 5.75 Å². The number of carboxylic acid groups (broad SMARTS) is 1. The summed E-state index contributed by atoms with van der Waals surface area (Å²) in [6.45, 7) is 0. The van der Waals surface area contributed by atoms with E-state index in [0.29, 0.717) is 0 Å². The van der Waals surface area contributed by atoms with Gasteiger partial charge in [-0.3, -0.25) is 0 Å². The van der Waals surface area contributed by atoms with Crippen LogP contribution in [0.2, 0.25) is 0 Å². The summed E-state index contributed by atoms with van der Waals surface area (Å²) in [5.74, 6) is -3.47. The number of aromatic hydroxyl groups is 1. The quantitative estimate of drug-likeness (QED) is 0.475. The van der Waals surface area contributed by atoms with Crippen molar-refractivity contribution in [1.82, 2.24) is 20.6 Å². The zero-order valence-corrected chi connectivity index (χ0v) is 10.2. The van der Waals surface area contributed by atoms with E-state index in [-0.39, 0.29) is 17.1 Å². The number of aromatic carboxylic acids is 1. The molecule has 0 spiro atoms. The Labute approximate surface area is 116 Å². The van der Waals surface area contributed by atoms with Gasteiger partial charge in [-0.25, -0.2) is 9.18 Å². The average molecular weight is 290 g/mol. The number of phenols is 1. The summed E-state index contributed by atoms with van der Waals surface area (Å²) in [6, 6.07) is 3.78. The zero-order chi connectivity index (χ0) is 15.4. The lowest BCUT2D eigenvalue weighted by atomic mass is 10.1. The molecule has 106 valence electrons. The van der Waals surface area contributed by atoms with Crippen LogP contribution >= 0.6 is 0 Å². The third-order valence-corrected chi connectivity index (χ3v) is 2.42. The Morgan fingerprint density at radius 2 is 2.29 bits per heavy atom. The summed E-state index contributed by atoms with van der Waals surface area (Å²) >= 11 is 0. The van der Waals surface area contributed by atoms with Crippen LogP contribution in [0.1, 0.15) is 16.2 Å². The molecule has 0 aliphatic carbocycles. The van der Waals surface area contributed by atoms with Crippen molar-refractivity contribution in [3.8, 4) is 11.8 Å². The predicted molar refractivity (Wildman–Crippen MR) is 66.4 cm³/mol. The first-order valence-electron chi connectivity index (χ1n) is 5.40. The third-order valence-electron chi connectivity index (χ3n) is 2.42. The summed E-state index contributed by atoms with van der Waals surface area (Å²) in [5.41, 5.74) is -0.985. The van der Waals surface area contributed by atoms with E-state index in [0.717, 1.165) is 18.3 Å². The summed E-state index contributed by atoms with van der Waals surface area (Å²) in [7, 11) is 0. The second-order valence-corrected chi connectivity index (χ2v) is 3.67. The molecule has 2 aromatic rings. The van der Waals surface area contributed by atoms with Gasteiger partial charge < -0.3 is 15.5 Å². The van der Waals surface area contributed by atoms with E-state index >= 15 is 0 Å². The molecule has 0 unspecified atom stereocenters. The summed E-state index contributed by atoms with van der Waals surface area (Å²) < 4.78 is 13.3. The number of benzene rings is 1. The summed E-state index contributed by atoms with van der Waals surface area (Å²) in [6.07, 6.45) is 1.13. The van der Waals surface area contributed by atoms with Crippen LogP contribution in [0.5, 0.6) is 5.75 Å². The van der Waals surface area contributed by atoms with E-state index in [2.05, 4.69) is 25.9 Å². The number of allylic oxidation sites excluding steroid dienone is 1. The van der Waals surface area contributed by atoms with E-state index in [4.69, 9.17) is 10.4 Å². The van der Waals surface area contributed by atoms with Crippen molar-refractivity contribution in [3.63, 3.8) is 0 Å². The fraction of sp³-hybridized carbons (Fsp3) is 0. The smallest absolute Gasteiger partial charge is 0.342 e. The molecule has 0 atom stereocenters. The first-order valence-corrected chi connectivity index (χ1v) is 5.40. The highest BCUT2D eigenvalue weighted by Gasteiger charge is 2.19. The number of nitrogens with one attached hydrogen (secondary N) is 2. The Balaban J connectivity index is 2.35. The number of hydrogen-bond acceptors (Lipinski definition) is 7. The van der Waals surface area contributed by atoms with Crippen molar-refractivity contribution in [2.45, 2.75) is 0 Å². The maximum Gasteiger partial charge on any atom is 0.342 e. The molecule has 1 aromatic carbocycles. The number of nitrogens with zero attached hydrogens (tertiary/aromatic N) is 4. The predicted octanol–water partition coefficient (Wildman–Crippen LogP) is 0.719. The van der Waals surface area contributed by atoms with Crippen LogP contribution in [0.3, 0.4) is 0 Å². The number of H-pyrrole nitrogens is 1. The van der Waals surface area contributed by atoms with E-state index < -0.39 is 23.1 Å². The lowest BCUT2D eigenvalue weighted by Gasteiger charge is -2.07. The average Bonchev–Trinajstić information content (AvgIpc) is 2.95. The Hall–Kier alpha value is -3.48.